The minimum atomic E-state index is 0.121. The van der Waals surface area contributed by atoms with Gasteiger partial charge in [-0.2, -0.15) is 0 Å². The zero-order chi connectivity index (χ0) is 12.3. The van der Waals surface area contributed by atoms with E-state index in [-0.39, 0.29) is 5.91 Å². The summed E-state index contributed by atoms with van der Waals surface area (Å²) in [5.74, 6) is 0.858. The molecule has 1 aliphatic heterocycles. The van der Waals surface area contributed by atoms with Crippen LogP contribution >= 0.6 is 0 Å². The highest BCUT2D eigenvalue weighted by atomic mass is 16.5. The second kappa shape index (κ2) is 5.21. The maximum atomic E-state index is 12.3. The Morgan fingerprint density at radius 1 is 1.41 bits per heavy atom. The number of nitrogens with zero attached hydrogens (tertiary/aromatic N) is 1. The third kappa shape index (κ3) is 2.60. The molecule has 1 amide bonds. The molecule has 92 valence electrons. The van der Waals surface area contributed by atoms with Gasteiger partial charge >= 0.3 is 0 Å². The molecular formula is C14H19NO2. The monoisotopic (exact) mass is 233 g/mol. The zero-order valence-corrected chi connectivity index (χ0v) is 10.5. The van der Waals surface area contributed by atoms with Gasteiger partial charge in [-0.1, -0.05) is 6.07 Å². The van der Waals surface area contributed by atoms with Gasteiger partial charge in [0.15, 0.2) is 0 Å². The topological polar surface area (TPSA) is 29.5 Å². The van der Waals surface area contributed by atoms with E-state index in [9.17, 15) is 4.79 Å². The Morgan fingerprint density at radius 3 is 2.94 bits per heavy atom. The van der Waals surface area contributed by atoms with Crippen LogP contribution in [-0.4, -0.2) is 30.5 Å². The summed E-state index contributed by atoms with van der Waals surface area (Å²) >= 11 is 0. The first-order chi connectivity index (χ1) is 8.22. The van der Waals surface area contributed by atoms with Gasteiger partial charge < -0.3 is 9.64 Å². The Balaban J connectivity index is 2.17. The summed E-state index contributed by atoms with van der Waals surface area (Å²) in [4.78, 5) is 14.3. The van der Waals surface area contributed by atoms with Crippen LogP contribution in [0.5, 0.6) is 5.75 Å². The van der Waals surface area contributed by atoms with Gasteiger partial charge in [-0.25, -0.2) is 0 Å². The predicted octanol–water partition coefficient (Wildman–Crippen LogP) is 2.71. The van der Waals surface area contributed by atoms with Crippen LogP contribution in [0.15, 0.2) is 24.3 Å². The van der Waals surface area contributed by atoms with E-state index in [1.165, 1.54) is 6.42 Å². The maximum Gasteiger partial charge on any atom is 0.254 e. The lowest BCUT2D eigenvalue weighted by Crippen LogP contribution is -2.42. The van der Waals surface area contributed by atoms with Crippen LogP contribution in [0.25, 0.3) is 0 Å². The lowest BCUT2D eigenvalue weighted by atomic mass is 10.0. The highest BCUT2D eigenvalue weighted by molar-refractivity contribution is 5.94. The third-order valence-corrected chi connectivity index (χ3v) is 3.38. The van der Waals surface area contributed by atoms with Gasteiger partial charge in [0.1, 0.15) is 5.75 Å². The quantitative estimate of drug-likeness (QED) is 0.786. The average molecular weight is 233 g/mol. The molecule has 0 N–H and O–H groups in total. The molecule has 1 heterocycles. The van der Waals surface area contributed by atoms with Crippen molar-refractivity contribution in [2.75, 3.05) is 13.7 Å². The number of rotatable bonds is 2. The summed E-state index contributed by atoms with van der Waals surface area (Å²) < 4.78 is 5.15. The number of benzene rings is 1. The van der Waals surface area contributed by atoms with Crippen LogP contribution in [0.2, 0.25) is 0 Å². The maximum absolute atomic E-state index is 12.3. The molecule has 0 aromatic heterocycles. The van der Waals surface area contributed by atoms with Crippen molar-refractivity contribution in [2.24, 2.45) is 0 Å². The van der Waals surface area contributed by atoms with Crippen molar-refractivity contribution in [1.82, 2.24) is 4.90 Å². The normalized spacial score (nSPS) is 20.1. The molecule has 1 aromatic carbocycles. The van der Waals surface area contributed by atoms with Gasteiger partial charge in [0.2, 0.25) is 0 Å². The Kier molecular flexibility index (Phi) is 3.67. The summed E-state index contributed by atoms with van der Waals surface area (Å²) in [6.45, 7) is 2.99. The first-order valence-electron chi connectivity index (χ1n) is 6.17. The van der Waals surface area contributed by atoms with Gasteiger partial charge in [-0.3, -0.25) is 4.79 Å². The van der Waals surface area contributed by atoms with Crippen LogP contribution < -0.4 is 4.74 Å². The summed E-state index contributed by atoms with van der Waals surface area (Å²) in [5.41, 5.74) is 0.720. The smallest absolute Gasteiger partial charge is 0.254 e. The van der Waals surface area contributed by atoms with Crippen molar-refractivity contribution in [2.45, 2.75) is 32.2 Å². The molecule has 1 atom stereocenters. The molecule has 3 heteroatoms. The van der Waals surface area contributed by atoms with Crippen molar-refractivity contribution < 1.29 is 9.53 Å². The van der Waals surface area contributed by atoms with Gasteiger partial charge in [-0.15, -0.1) is 0 Å². The molecule has 0 saturated carbocycles. The fourth-order valence-corrected chi connectivity index (χ4v) is 2.32. The van der Waals surface area contributed by atoms with E-state index >= 15 is 0 Å². The minimum absolute atomic E-state index is 0.121. The number of carbonyl (C=O) groups is 1. The predicted molar refractivity (Wildman–Crippen MR) is 67.3 cm³/mol. The first kappa shape index (κ1) is 12.0. The van der Waals surface area contributed by atoms with Crippen LogP contribution in [0.4, 0.5) is 0 Å². The molecule has 1 aliphatic rings. The third-order valence-electron chi connectivity index (χ3n) is 3.38. The van der Waals surface area contributed by atoms with Crippen LogP contribution in [-0.2, 0) is 0 Å². The van der Waals surface area contributed by atoms with Crippen LogP contribution in [0.1, 0.15) is 36.5 Å². The van der Waals surface area contributed by atoms with Crippen molar-refractivity contribution in [3.8, 4) is 5.75 Å². The molecule has 17 heavy (non-hydrogen) atoms. The van der Waals surface area contributed by atoms with E-state index in [1.54, 1.807) is 7.11 Å². The molecule has 0 bridgehead atoms. The lowest BCUT2D eigenvalue weighted by Gasteiger charge is -2.33. The minimum Gasteiger partial charge on any atom is -0.497 e. The molecule has 2 rings (SSSR count). The van der Waals surface area contributed by atoms with Crippen molar-refractivity contribution in [1.29, 1.82) is 0 Å². The van der Waals surface area contributed by atoms with Gasteiger partial charge in [0, 0.05) is 18.2 Å². The molecule has 1 aromatic rings. The summed E-state index contributed by atoms with van der Waals surface area (Å²) in [6, 6.07) is 7.73. The van der Waals surface area contributed by atoms with Gasteiger partial charge in [0.05, 0.1) is 7.11 Å². The van der Waals surface area contributed by atoms with E-state index in [0.717, 1.165) is 30.7 Å². The fourth-order valence-electron chi connectivity index (χ4n) is 2.32. The molecular weight excluding hydrogens is 214 g/mol. The Bertz CT molecular complexity index is 403. The Labute approximate surface area is 102 Å². The Morgan fingerprint density at radius 2 is 2.24 bits per heavy atom. The molecule has 0 aliphatic carbocycles. The highest BCUT2D eigenvalue weighted by Gasteiger charge is 2.24. The molecule has 3 nitrogen and oxygen atoms in total. The van der Waals surface area contributed by atoms with E-state index in [0.29, 0.717) is 6.04 Å². The molecule has 1 fully saturated rings. The van der Waals surface area contributed by atoms with E-state index in [4.69, 9.17) is 4.74 Å². The number of piperidine rings is 1. The largest absolute Gasteiger partial charge is 0.497 e. The first-order valence-corrected chi connectivity index (χ1v) is 6.17. The van der Waals surface area contributed by atoms with Gasteiger partial charge in [-0.05, 0) is 44.4 Å². The van der Waals surface area contributed by atoms with Crippen LogP contribution in [0, 0.1) is 0 Å². The summed E-state index contributed by atoms with van der Waals surface area (Å²) in [6.07, 6.45) is 3.44. The SMILES string of the molecule is COc1cccc(C(=O)N2CCCC[C@@H]2C)c1. The van der Waals surface area contributed by atoms with Gasteiger partial charge in [0.25, 0.3) is 5.91 Å². The summed E-state index contributed by atoms with van der Waals surface area (Å²) in [7, 11) is 1.62. The highest BCUT2D eigenvalue weighted by Crippen LogP contribution is 2.21. The summed E-state index contributed by atoms with van der Waals surface area (Å²) in [5, 5.41) is 0. The van der Waals surface area contributed by atoms with Crippen molar-refractivity contribution >= 4 is 5.91 Å². The number of amides is 1. The molecule has 0 radical (unpaired) electrons. The fraction of sp³-hybridized carbons (Fsp3) is 0.500. The van der Waals surface area contributed by atoms with Crippen LogP contribution in [0.3, 0.4) is 0 Å². The van der Waals surface area contributed by atoms with E-state index < -0.39 is 0 Å². The second-order valence-corrected chi connectivity index (χ2v) is 4.58. The van der Waals surface area contributed by atoms with E-state index in [1.807, 2.05) is 29.2 Å². The Hall–Kier alpha value is -1.51. The van der Waals surface area contributed by atoms with Crippen molar-refractivity contribution in [3.63, 3.8) is 0 Å². The zero-order valence-electron chi connectivity index (χ0n) is 10.5. The second-order valence-electron chi connectivity index (χ2n) is 4.58. The van der Waals surface area contributed by atoms with Crippen molar-refractivity contribution in [3.05, 3.63) is 29.8 Å². The molecule has 1 saturated heterocycles. The number of hydrogen-bond donors (Lipinski definition) is 0. The number of ether oxygens (including phenoxy) is 1. The van der Waals surface area contributed by atoms with E-state index in [2.05, 4.69) is 6.92 Å². The lowest BCUT2D eigenvalue weighted by molar-refractivity contribution is 0.0635. The number of hydrogen-bond acceptors (Lipinski definition) is 2. The molecule has 0 unspecified atom stereocenters. The number of carbonyl (C=O) groups excluding carboxylic acids is 1. The number of methoxy groups -OCH3 is 1. The molecule has 0 spiro atoms. The standard InChI is InChI=1S/C14H19NO2/c1-11-6-3-4-9-15(11)14(16)12-7-5-8-13(10-12)17-2/h5,7-8,10-11H,3-4,6,9H2,1-2H3/t11-/m0/s1. The number of likely N-dealkylation sites (tertiary alicyclic amines) is 1. The average Bonchev–Trinajstić information content (AvgIpc) is 2.38.